The predicted octanol–water partition coefficient (Wildman–Crippen LogP) is 7.02. The van der Waals surface area contributed by atoms with Gasteiger partial charge >= 0.3 is 6.09 Å². The van der Waals surface area contributed by atoms with Gasteiger partial charge in [0.05, 0.1) is 35.5 Å². The number of methoxy groups -OCH3 is 1. The number of likely N-dealkylation sites (tertiary alicyclic amines) is 1. The monoisotopic (exact) mass is 663 g/mol. The number of carbonyl (C=O) groups is 2. The number of nitrogens with zero attached hydrogens (tertiary/aromatic N) is 4. The van der Waals surface area contributed by atoms with E-state index in [9.17, 15) is 14.0 Å². The van der Waals surface area contributed by atoms with Crippen molar-refractivity contribution in [3.05, 3.63) is 59.6 Å². The number of benzene rings is 2. The number of hydrogen-bond acceptors (Lipinski definition) is 8. The molecule has 47 heavy (non-hydrogen) atoms. The molecule has 0 aliphatic carbocycles. The Morgan fingerprint density at radius 3 is 2.68 bits per heavy atom. The van der Waals surface area contributed by atoms with Gasteiger partial charge in [-0.25, -0.2) is 18.6 Å². The highest BCUT2D eigenvalue weighted by Crippen LogP contribution is 2.46. The summed E-state index contributed by atoms with van der Waals surface area (Å²) in [5.74, 6) is -2.60. The molecule has 4 heterocycles. The van der Waals surface area contributed by atoms with E-state index in [1.165, 1.54) is 23.3 Å². The molecule has 246 valence electrons. The molecule has 1 fully saturated rings. The van der Waals surface area contributed by atoms with E-state index >= 15 is 4.39 Å². The third-order valence-electron chi connectivity index (χ3n) is 7.89. The number of anilines is 1. The topological polar surface area (TPSA) is 108 Å². The smallest absolute Gasteiger partial charge is 0.410 e. The Morgan fingerprint density at radius 2 is 1.91 bits per heavy atom. The van der Waals surface area contributed by atoms with Crippen LogP contribution in [0.1, 0.15) is 27.2 Å². The van der Waals surface area contributed by atoms with Crippen molar-refractivity contribution < 1.29 is 32.6 Å². The van der Waals surface area contributed by atoms with Gasteiger partial charge in [-0.15, -0.1) is 11.3 Å². The molecule has 1 aliphatic heterocycles. The summed E-state index contributed by atoms with van der Waals surface area (Å²) in [7, 11) is 3.36. The molecule has 2 aromatic carbocycles. The lowest BCUT2D eigenvalue weighted by atomic mass is 9.99. The number of ether oxygens (including phenoxy) is 3. The fourth-order valence-corrected chi connectivity index (χ4v) is 6.65. The summed E-state index contributed by atoms with van der Waals surface area (Å²) in [6, 6.07) is 9.59. The van der Waals surface area contributed by atoms with Gasteiger partial charge in [-0.05, 0) is 50.8 Å². The number of pyridine rings is 1. The van der Waals surface area contributed by atoms with Gasteiger partial charge in [-0.1, -0.05) is 6.07 Å². The summed E-state index contributed by atoms with van der Waals surface area (Å²) in [6.07, 6.45) is 1.67. The van der Waals surface area contributed by atoms with Crippen LogP contribution in [-0.4, -0.2) is 70.7 Å². The van der Waals surface area contributed by atoms with Crippen LogP contribution in [0.2, 0.25) is 0 Å². The molecule has 0 saturated carbocycles. The predicted molar refractivity (Wildman–Crippen MR) is 177 cm³/mol. The van der Waals surface area contributed by atoms with Crippen LogP contribution in [-0.2, 0) is 21.3 Å². The van der Waals surface area contributed by atoms with Crippen molar-refractivity contribution in [2.75, 3.05) is 38.7 Å². The minimum atomic E-state index is -0.870. The Labute approximate surface area is 274 Å². The first-order valence-corrected chi connectivity index (χ1v) is 16.0. The molecule has 3 aromatic heterocycles. The van der Waals surface area contributed by atoms with Gasteiger partial charge in [0.2, 0.25) is 5.91 Å². The SMILES string of the molecule is COCCOc1cc(F)cc(F)c1-c1c(NC(=O)C2CCN(C(=O)OC(C)(C)C)C2)nc(-c2ccc3c(cnn3C)c2)c2ccsc12. The van der Waals surface area contributed by atoms with E-state index in [0.717, 1.165) is 34.0 Å². The summed E-state index contributed by atoms with van der Waals surface area (Å²) in [4.78, 5) is 33.0. The molecule has 1 N–H and O–H groups in total. The number of hydrogen-bond donors (Lipinski definition) is 1. The fraction of sp³-hybridized carbons (Fsp3) is 0.353. The first-order chi connectivity index (χ1) is 22.4. The highest BCUT2D eigenvalue weighted by Gasteiger charge is 2.35. The van der Waals surface area contributed by atoms with Crippen LogP contribution in [0.25, 0.3) is 43.4 Å². The standard InChI is InChI=1S/C34H35F2N5O5S/c1-34(2,3)46-33(43)41-10-8-20(18-41)32(42)39-31-28(27-24(36)15-22(35)16-26(27)45-12-11-44-5)30-23(9-13-47-30)29(38-31)19-6-7-25-21(14-19)17-37-40(25)4/h6-7,9,13-17,20H,8,10-12,18H2,1-5H3,(H,38,39,42). The van der Waals surface area contributed by atoms with Crippen LogP contribution in [0.5, 0.6) is 5.75 Å². The maximum Gasteiger partial charge on any atom is 0.410 e. The van der Waals surface area contributed by atoms with Crippen molar-refractivity contribution in [3.63, 3.8) is 0 Å². The number of aromatic nitrogens is 3. The molecular formula is C34H35F2N5O5S. The van der Waals surface area contributed by atoms with Gasteiger partial charge in [0, 0.05) is 66.0 Å². The number of thiophene rings is 1. The van der Waals surface area contributed by atoms with Gasteiger partial charge in [0.25, 0.3) is 0 Å². The Hall–Kier alpha value is -4.62. The van der Waals surface area contributed by atoms with Crippen molar-refractivity contribution >= 4 is 50.1 Å². The second-order valence-corrected chi connectivity index (χ2v) is 13.3. The third kappa shape index (κ3) is 6.63. The molecule has 6 rings (SSSR count). The Bertz CT molecular complexity index is 1990. The summed E-state index contributed by atoms with van der Waals surface area (Å²) in [5.41, 5.74) is 1.82. The normalized spacial score (nSPS) is 15.0. The lowest BCUT2D eigenvalue weighted by Crippen LogP contribution is -2.36. The summed E-state index contributed by atoms with van der Waals surface area (Å²) in [6.45, 7) is 6.08. The Balaban J connectivity index is 1.46. The number of carbonyl (C=O) groups excluding carboxylic acids is 2. The first kappa shape index (κ1) is 32.3. The molecule has 0 bridgehead atoms. The molecular weight excluding hydrogens is 628 g/mol. The molecule has 1 saturated heterocycles. The number of fused-ring (bicyclic) bond motifs is 2. The van der Waals surface area contributed by atoms with Crippen LogP contribution in [0.15, 0.2) is 48.0 Å². The second kappa shape index (κ2) is 12.9. The van der Waals surface area contributed by atoms with E-state index in [0.29, 0.717) is 23.4 Å². The molecule has 10 nitrogen and oxygen atoms in total. The molecule has 0 spiro atoms. The number of aryl methyl sites for hydroxylation is 1. The van der Waals surface area contributed by atoms with E-state index in [2.05, 4.69) is 10.4 Å². The first-order valence-electron chi connectivity index (χ1n) is 15.2. The lowest BCUT2D eigenvalue weighted by molar-refractivity contribution is -0.119. The number of nitrogens with one attached hydrogen (secondary N) is 1. The van der Waals surface area contributed by atoms with Gasteiger partial charge in [-0.3, -0.25) is 9.48 Å². The summed E-state index contributed by atoms with van der Waals surface area (Å²) < 4.78 is 49.2. The highest BCUT2D eigenvalue weighted by molar-refractivity contribution is 7.18. The van der Waals surface area contributed by atoms with Gasteiger partial charge in [-0.2, -0.15) is 5.10 Å². The van der Waals surface area contributed by atoms with Crippen LogP contribution >= 0.6 is 11.3 Å². The average Bonchev–Trinajstić information content (AvgIpc) is 3.77. The third-order valence-corrected chi connectivity index (χ3v) is 8.83. The largest absolute Gasteiger partial charge is 0.490 e. The van der Waals surface area contributed by atoms with Crippen molar-refractivity contribution in [2.45, 2.75) is 32.8 Å². The Kier molecular flexibility index (Phi) is 8.86. The minimum Gasteiger partial charge on any atom is -0.490 e. The number of halogens is 2. The molecule has 1 aliphatic rings. The maximum atomic E-state index is 15.9. The molecule has 1 atom stereocenters. The zero-order valence-corrected chi connectivity index (χ0v) is 27.5. The highest BCUT2D eigenvalue weighted by atomic mass is 32.1. The fourth-order valence-electron chi connectivity index (χ4n) is 5.70. The van der Waals surface area contributed by atoms with Crippen LogP contribution in [0, 0.1) is 17.6 Å². The van der Waals surface area contributed by atoms with Crippen molar-refractivity contribution in [2.24, 2.45) is 13.0 Å². The summed E-state index contributed by atoms with van der Waals surface area (Å²) >= 11 is 1.34. The van der Waals surface area contributed by atoms with E-state index < -0.39 is 35.2 Å². The van der Waals surface area contributed by atoms with E-state index in [1.807, 2.05) is 36.7 Å². The van der Waals surface area contributed by atoms with Crippen molar-refractivity contribution in [1.29, 1.82) is 0 Å². The van der Waals surface area contributed by atoms with Crippen LogP contribution < -0.4 is 10.1 Å². The van der Waals surface area contributed by atoms with Gasteiger partial charge < -0.3 is 24.4 Å². The maximum absolute atomic E-state index is 15.9. The van der Waals surface area contributed by atoms with Gasteiger partial charge in [0.1, 0.15) is 35.4 Å². The molecule has 0 radical (unpaired) electrons. The summed E-state index contributed by atoms with van der Waals surface area (Å²) in [5, 5.41) is 10.8. The van der Waals surface area contributed by atoms with E-state index in [-0.39, 0.29) is 42.5 Å². The number of amides is 2. The Morgan fingerprint density at radius 1 is 1.11 bits per heavy atom. The van der Waals surface area contributed by atoms with E-state index in [1.54, 1.807) is 31.6 Å². The molecule has 13 heteroatoms. The zero-order chi connectivity index (χ0) is 33.5. The van der Waals surface area contributed by atoms with E-state index in [4.69, 9.17) is 19.2 Å². The lowest BCUT2D eigenvalue weighted by Gasteiger charge is -2.24. The average molecular weight is 664 g/mol. The van der Waals surface area contributed by atoms with Crippen LogP contribution in [0.4, 0.5) is 19.4 Å². The second-order valence-electron chi connectivity index (χ2n) is 12.4. The quantitative estimate of drug-likeness (QED) is 0.178. The van der Waals surface area contributed by atoms with Crippen molar-refractivity contribution in [1.82, 2.24) is 19.7 Å². The number of rotatable bonds is 8. The zero-order valence-electron chi connectivity index (χ0n) is 26.7. The minimum absolute atomic E-state index is 0.0335. The molecule has 2 amide bonds. The van der Waals surface area contributed by atoms with Crippen LogP contribution in [0.3, 0.4) is 0 Å². The molecule has 1 unspecified atom stereocenters. The molecule has 5 aromatic rings. The van der Waals surface area contributed by atoms with Gasteiger partial charge in [0.15, 0.2) is 0 Å². The van der Waals surface area contributed by atoms with Crippen molar-refractivity contribution in [3.8, 4) is 28.1 Å².